The van der Waals surface area contributed by atoms with E-state index in [0.29, 0.717) is 12.5 Å². The second kappa shape index (κ2) is 8.60. The number of nitrogens with zero attached hydrogens (tertiary/aromatic N) is 3. The SMILES string of the molecule is CN=C(NCc1ccco1)NCc1nccn1C(F)F.I. The fourth-order valence-electron chi connectivity index (χ4n) is 1.63. The molecule has 2 rings (SSSR count). The zero-order valence-electron chi connectivity index (χ0n) is 11.3. The van der Waals surface area contributed by atoms with Gasteiger partial charge in [-0.1, -0.05) is 0 Å². The molecule has 0 amide bonds. The molecule has 0 spiro atoms. The van der Waals surface area contributed by atoms with Gasteiger partial charge in [-0.15, -0.1) is 24.0 Å². The summed E-state index contributed by atoms with van der Waals surface area (Å²) in [5, 5.41) is 5.91. The normalized spacial score (nSPS) is 11.3. The molecule has 9 heteroatoms. The van der Waals surface area contributed by atoms with E-state index in [1.54, 1.807) is 19.4 Å². The number of hydrogen-bond acceptors (Lipinski definition) is 3. The second-order valence-corrected chi connectivity index (χ2v) is 3.89. The first-order valence-corrected chi connectivity index (χ1v) is 5.97. The van der Waals surface area contributed by atoms with Crippen molar-refractivity contribution in [1.82, 2.24) is 20.2 Å². The predicted molar refractivity (Wildman–Crippen MR) is 84.6 cm³/mol. The van der Waals surface area contributed by atoms with Crippen molar-refractivity contribution < 1.29 is 13.2 Å². The van der Waals surface area contributed by atoms with E-state index in [1.165, 1.54) is 12.4 Å². The number of halogens is 3. The largest absolute Gasteiger partial charge is 0.467 e. The number of nitrogens with one attached hydrogen (secondary N) is 2. The minimum Gasteiger partial charge on any atom is -0.467 e. The fraction of sp³-hybridized carbons (Fsp3) is 0.333. The lowest BCUT2D eigenvalue weighted by Crippen LogP contribution is -2.36. The topological polar surface area (TPSA) is 67.4 Å². The van der Waals surface area contributed by atoms with Crippen molar-refractivity contribution in [3.8, 4) is 0 Å². The molecule has 116 valence electrons. The number of rotatable bonds is 5. The number of aromatic nitrogens is 2. The van der Waals surface area contributed by atoms with E-state index < -0.39 is 6.55 Å². The number of aliphatic imine (C=N–C) groups is 1. The molecule has 0 unspecified atom stereocenters. The number of furan rings is 1. The van der Waals surface area contributed by atoms with E-state index in [4.69, 9.17) is 4.42 Å². The van der Waals surface area contributed by atoms with Gasteiger partial charge in [-0.2, -0.15) is 8.78 Å². The number of guanidine groups is 1. The zero-order chi connectivity index (χ0) is 14.4. The molecular formula is C12H16F2IN5O. The van der Waals surface area contributed by atoms with Crippen molar-refractivity contribution in [3.63, 3.8) is 0 Å². The summed E-state index contributed by atoms with van der Waals surface area (Å²) >= 11 is 0. The summed E-state index contributed by atoms with van der Waals surface area (Å²) < 4.78 is 31.2. The quantitative estimate of drug-likeness (QED) is 0.451. The zero-order valence-corrected chi connectivity index (χ0v) is 13.6. The van der Waals surface area contributed by atoms with E-state index in [2.05, 4.69) is 20.6 Å². The summed E-state index contributed by atoms with van der Waals surface area (Å²) in [4.78, 5) is 7.86. The average molecular weight is 411 g/mol. The Hall–Kier alpha value is -1.65. The Balaban J connectivity index is 0.00000220. The molecule has 0 saturated heterocycles. The van der Waals surface area contributed by atoms with Crippen molar-refractivity contribution in [2.45, 2.75) is 19.6 Å². The maximum absolute atomic E-state index is 12.6. The van der Waals surface area contributed by atoms with Crippen LogP contribution in [-0.4, -0.2) is 22.6 Å². The van der Waals surface area contributed by atoms with Gasteiger partial charge in [0.2, 0.25) is 0 Å². The smallest absolute Gasteiger partial charge is 0.319 e. The minimum absolute atomic E-state index is 0. The van der Waals surface area contributed by atoms with Crippen LogP contribution in [0.25, 0.3) is 0 Å². The molecule has 0 aliphatic rings. The molecule has 0 aliphatic heterocycles. The summed E-state index contributed by atoms with van der Waals surface area (Å²) in [6.07, 6.45) is 4.15. The van der Waals surface area contributed by atoms with Gasteiger partial charge in [-0.05, 0) is 12.1 Å². The summed E-state index contributed by atoms with van der Waals surface area (Å²) in [5.41, 5.74) is 0. The molecule has 0 radical (unpaired) electrons. The van der Waals surface area contributed by atoms with Crippen molar-refractivity contribution in [1.29, 1.82) is 0 Å². The lowest BCUT2D eigenvalue weighted by molar-refractivity contribution is 0.0668. The Morgan fingerprint density at radius 1 is 1.43 bits per heavy atom. The highest BCUT2D eigenvalue weighted by molar-refractivity contribution is 14.0. The Labute approximate surface area is 137 Å². The molecule has 21 heavy (non-hydrogen) atoms. The minimum atomic E-state index is -2.60. The molecule has 0 saturated carbocycles. The molecule has 0 aliphatic carbocycles. The number of alkyl halides is 2. The van der Waals surface area contributed by atoms with Gasteiger partial charge < -0.3 is 15.1 Å². The Kier molecular flexibility index (Phi) is 7.12. The third kappa shape index (κ3) is 4.99. The lowest BCUT2D eigenvalue weighted by Gasteiger charge is -2.11. The van der Waals surface area contributed by atoms with Crippen molar-refractivity contribution >= 4 is 29.9 Å². The van der Waals surface area contributed by atoms with E-state index >= 15 is 0 Å². The predicted octanol–water partition coefficient (Wildman–Crippen LogP) is 2.35. The van der Waals surface area contributed by atoms with Crippen molar-refractivity contribution in [2.24, 2.45) is 4.99 Å². The van der Waals surface area contributed by atoms with Crippen LogP contribution in [0, 0.1) is 0 Å². The van der Waals surface area contributed by atoms with Crippen LogP contribution in [0.2, 0.25) is 0 Å². The Morgan fingerprint density at radius 2 is 2.19 bits per heavy atom. The Morgan fingerprint density at radius 3 is 2.81 bits per heavy atom. The van der Waals surface area contributed by atoms with Crippen molar-refractivity contribution in [3.05, 3.63) is 42.4 Å². The highest BCUT2D eigenvalue weighted by Crippen LogP contribution is 2.11. The lowest BCUT2D eigenvalue weighted by atomic mass is 10.4. The van der Waals surface area contributed by atoms with Gasteiger partial charge in [0.15, 0.2) is 5.96 Å². The summed E-state index contributed by atoms with van der Waals surface area (Å²) in [6, 6.07) is 3.61. The number of hydrogen-bond donors (Lipinski definition) is 2. The van der Waals surface area contributed by atoms with Crippen LogP contribution < -0.4 is 10.6 Å². The van der Waals surface area contributed by atoms with Gasteiger partial charge in [0.1, 0.15) is 11.6 Å². The van der Waals surface area contributed by atoms with Crippen LogP contribution >= 0.6 is 24.0 Å². The molecule has 0 aromatic carbocycles. The summed E-state index contributed by atoms with van der Waals surface area (Å²) in [7, 11) is 1.59. The maximum Gasteiger partial charge on any atom is 0.319 e. The van der Waals surface area contributed by atoms with Gasteiger partial charge >= 0.3 is 6.55 Å². The highest BCUT2D eigenvalue weighted by Gasteiger charge is 2.11. The number of imidazole rings is 1. The molecule has 2 aromatic rings. The summed E-state index contributed by atoms with van der Waals surface area (Å²) in [6.45, 7) is -2.00. The first-order valence-electron chi connectivity index (χ1n) is 5.97. The van der Waals surface area contributed by atoms with E-state index in [0.717, 1.165) is 10.3 Å². The van der Waals surface area contributed by atoms with Crippen molar-refractivity contribution in [2.75, 3.05) is 7.05 Å². The first-order chi connectivity index (χ1) is 9.70. The molecule has 2 heterocycles. The molecule has 0 bridgehead atoms. The Bertz CT molecular complexity index is 556. The maximum atomic E-state index is 12.6. The monoisotopic (exact) mass is 411 g/mol. The first kappa shape index (κ1) is 17.4. The highest BCUT2D eigenvalue weighted by atomic mass is 127. The molecule has 2 aromatic heterocycles. The molecule has 0 fully saturated rings. The second-order valence-electron chi connectivity index (χ2n) is 3.89. The molecule has 0 atom stereocenters. The van der Waals surface area contributed by atoms with Crippen LogP contribution in [0.3, 0.4) is 0 Å². The molecule has 2 N–H and O–H groups in total. The van der Waals surface area contributed by atoms with E-state index in [-0.39, 0.29) is 36.3 Å². The van der Waals surface area contributed by atoms with Gasteiger partial charge in [0.25, 0.3) is 0 Å². The standard InChI is InChI=1S/C12H15F2N5O.HI/c1-15-12(17-7-9-3-2-6-20-9)18-8-10-16-4-5-19(10)11(13)14;/h2-6,11H,7-8H2,1H3,(H2,15,17,18);1H. The van der Waals surface area contributed by atoms with Crippen LogP contribution in [0.1, 0.15) is 18.1 Å². The summed E-state index contributed by atoms with van der Waals surface area (Å²) in [5.74, 6) is 1.47. The van der Waals surface area contributed by atoms with Crippen LogP contribution in [0.15, 0.2) is 40.2 Å². The van der Waals surface area contributed by atoms with Crippen LogP contribution in [0.4, 0.5) is 8.78 Å². The van der Waals surface area contributed by atoms with Gasteiger partial charge in [-0.3, -0.25) is 9.56 Å². The van der Waals surface area contributed by atoms with E-state index in [9.17, 15) is 8.78 Å². The average Bonchev–Trinajstić information content (AvgIpc) is 3.09. The van der Waals surface area contributed by atoms with Gasteiger partial charge in [-0.25, -0.2) is 4.98 Å². The van der Waals surface area contributed by atoms with Gasteiger partial charge in [0.05, 0.1) is 19.4 Å². The van der Waals surface area contributed by atoms with E-state index in [1.807, 2.05) is 6.07 Å². The van der Waals surface area contributed by atoms with Gasteiger partial charge in [0, 0.05) is 19.4 Å². The van der Waals surface area contributed by atoms with Crippen LogP contribution in [0.5, 0.6) is 0 Å². The third-order valence-electron chi connectivity index (χ3n) is 2.61. The van der Waals surface area contributed by atoms with Crippen LogP contribution in [-0.2, 0) is 13.1 Å². The fourth-order valence-corrected chi connectivity index (χ4v) is 1.63. The molecule has 6 nitrogen and oxygen atoms in total. The molecular weight excluding hydrogens is 395 g/mol. The third-order valence-corrected chi connectivity index (χ3v) is 2.61.